The molecule has 0 unspecified atom stereocenters. The fourth-order valence-electron chi connectivity index (χ4n) is 2.80. The molecule has 1 aliphatic heterocycles. The summed E-state index contributed by atoms with van der Waals surface area (Å²) in [7, 11) is 0. The van der Waals surface area contributed by atoms with Crippen LogP contribution in [0.1, 0.15) is 5.56 Å². The summed E-state index contributed by atoms with van der Waals surface area (Å²) in [5.41, 5.74) is 0.661. The second kappa shape index (κ2) is 9.59. The molecule has 160 valence electrons. The standard InChI is InChI=1S/C21H22O9/c22-13-8-5-12(6-9-13)7-10-17(24)28-11-16-18(25)19(26)20(27)21(30-16)29-15-4-2-1-3-14(15)23/h1-10,16,18-23,25-27H,11H2/t16-,18-,19+,20-,21-/m1/s1. The zero-order valence-electron chi connectivity index (χ0n) is 15.7. The van der Waals surface area contributed by atoms with E-state index in [0.717, 1.165) is 6.08 Å². The summed E-state index contributed by atoms with van der Waals surface area (Å²) >= 11 is 0. The molecule has 0 spiro atoms. The highest BCUT2D eigenvalue weighted by molar-refractivity contribution is 5.87. The maximum Gasteiger partial charge on any atom is 0.330 e. The van der Waals surface area contributed by atoms with Crippen LogP contribution < -0.4 is 4.74 Å². The molecule has 0 radical (unpaired) electrons. The molecule has 5 atom stereocenters. The molecule has 30 heavy (non-hydrogen) atoms. The van der Waals surface area contributed by atoms with Crippen molar-refractivity contribution in [2.24, 2.45) is 0 Å². The fourth-order valence-corrected chi connectivity index (χ4v) is 2.80. The van der Waals surface area contributed by atoms with Crippen LogP contribution in [0.25, 0.3) is 6.08 Å². The molecule has 2 aromatic rings. The zero-order valence-corrected chi connectivity index (χ0v) is 15.7. The highest BCUT2D eigenvalue weighted by Crippen LogP contribution is 2.29. The van der Waals surface area contributed by atoms with Crippen molar-refractivity contribution in [1.82, 2.24) is 0 Å². The summed E-state index contributed by atoms with van der Waals surface area (Å²) < 4.78 is 15.9. The third-order valence-electron chi connectivity index (χ3n) is 4.47. The smallest absolute Gasteiger partial charge is 0.330 e. The molecule has 1 fully saturated rings. The number of carbonyl (C=O) groups excluding carboxylic acids is 1. The van der Waals surface area contributed by atoms with E-state index >= 15 is 0 Å². The molecule has 0 aromatic heterocycles. The minimum atomic E-state index is -1.62. The predicted molar refractivity (Wildman–Crippen MR) is 104 cm³/mol. The fraction of sp³-hybridized carbons (Fsp3) is 0.286. The number of hydrogen-bond donors (Lipinski definition) is 5. The average Bonchev–Trinajstić information content (AvgIpc) is 2.74. The van der Waals surface area contributed by atoms with Crippen LogP contribution in [0, 0.1) is 0 Å². The minimum absolute atomic E-state index is 0.0118. The molecule has 9 heteroatoms. The lowest BCUT2D eigenvalue weighted by molar-refractivity contribution is -0.278. The molecule has 2 aromatic carbocycles. The largest absolute Gasteiger partial charge is 0.508 e. The van der Waals surface area contributed by atoms with Gasteiger partial charge in [0.15, 0.2) is 11.5 Å². The number of carbonyl (C=O) groups is 1. The maximum absolute atomic E-state index is 11.9. The quantitative estimate of drug-likeness (QED) is 0.335. The molecule has 1 heterocycles. The molecule has 1 aliphatic rings. The second-order valence-electron chi connectivity index (χ2n) is 6.66. The van der Waals surface area contributed by atoms with Gasteiger partial charge in [-0.15, -0.1) is 0 Å². The van der Waals surface area contributed by atoms with Crippen molar-refractivity contribution < 1.29 is 44.5 Å². The van der Waals surface area contributed by atoms with Gasteiger partial charge in [0.2, 0.25) is 6.29 Å². The predicted octanol–water partition coefficient (Wildman–Crippen LogP) is 0.541. The van der Waals surface area contributed by atoms with Crippen LogP contribution in [-0.4, -0.2) is 68.8 Å². The van der Waals surface area contributed by atoms with Crippen molar-refractivity contribution in [3.05, 3.63) is 60.2 Å². The first kappa shape index (κ1) is 21.6. The minimum Gasteiger partial charge on any atom is -0.508 e. The van der Waals surface area contributed by atoms with E-state index in [4.69, 9.17) is 14.2 Å². The number of para-hydroxylation sites is 2. The van der Waals surface area contributed by atoms with Crippen LogP contribution in [0.15, 0.2) is 54.6 Å². The Bertz CT molecular complexity index is 880. The van der Waals surface area contributed by atoms with Crippen LogP contribution in [0.3, 0.4) is 0 Å². The van der Waals surface area contributed by atoms with Crippen LogP contribution in [0.2, 0.25) is 0 Å². The zero-order chi connectivity index (χ0) is 21.7. The van der Waals surface area contributed by atoms with Crippen molar-refractivity contribution >= 4 is 12.0 Å². The van der Waals surface area contributed by atoms with Crippen molar-refractivity contribution in [3.8, 4) is 17.2 Å². The molecular weight excluding hydrogens is 396 g/mol. The highest BCUT2D eigenvalue weighted by atomic mass is 16.7. The van der Waals surface area contributed by atoms with E-state index in [1.165, 1.54) is 30.3 Å². The Labute approximate surface area is 172 Å². The van der Waals surface area contributed by atoms with Crippen LogP contribution in [-0.2, 0) is 14.3 Å². The second-order valence-corrected chi connectivity index (χ2v) is 6.66. The average molecular weight is 418 g/mol. The number of ether oxygens (including phenoxy) is 3. The Morgan fingerprint density at radius 1 is 0.967 bits per heavy atom. The Balaban J connectivity index is 1.59. The molecule has 0 amide bonds. The summed E-state index contributed by atoms with van der Waals surface area (Å²) in [6.07, 6.45) is -4.70. The Hall–Kier alpha value is -3.11. The van der Waals surface area contributed by atoms with Crippen molar-refractivity contribution in [1.29, 1.82) is 0 Å². The van der Waals surface area contributed by atoms with Gasteiger partial charge in [0, 0.05) is 6.08 Å². The van der Waals surface area contributed by atoms with Crippen molar-refractivity contribution in [3.63, 3.8) is 0 Å². The molecule has 5 N–H and O–H groups in total. The number of aromatic hydroxyl groups is 2. The first-order valence-corrected chi connectivity index (χ1v) is 9.13. The van der Waals surface area contributed by atoms with Gasteiger partial charge in [-0.2, -0.15) is 0 Å². The lowest BCUT2D eigenvalue weighted by Crippen LogP contribution is -2.60. The Morgan fingerprint density at radius 2 is 1.67 bits per heavy atom. The first-order chi connectivity index (χ1) is 14.3. The number of phenols is 2. The normalized spacial score (nSPS) is 26.4. The van der Waals surface area contributed by atoms with Gasteiger partial charge in [0.25, 0.3) is 0 Å². The lowest BCUT2D eigenvalue weighted by Gasteiger charge is -2.39. The summed E-state index contributed by atoms with van der Waals surface area (Å²) in [6, 6.07) is 12.1. The van der Waals surface area contributed by atoms with E-state index in [1.807, 2.05) is 0 Å². The monoisotopic (exact) mass is 418 g/mol. The van der Waals surface area contributed by atoms with Crippen molar-refractivity contribution in [2.75, 3.05) is 6.61 Å². The maximum atomic E-state index is 11.9. The van der Waals surface area contributed by atoms with Gasteiger partial charge in [0.05, 0.1) is 0 Å². The van der Waals surface area contributed by atoms with E-state index in [2.05, 4.69) is 0 Å². The summed E-state index contributed by atoms with van der Waals surface area (Å²) in [4.78, 5) is 11.9. The summed E-state index contributed by atoms with van der Waals surface area (Å²) in [6.45, 7) is -0.412. The van der Waals surface area contributed by atoms with Gasteiger partial charge in [-0.3, -0.25) is 0 Å². The number of esters is 1. The number of phenolic OH excluding ortho intramolecular Hbond substituents is 2. The van der Waals surface area contributed by atoms with Crippen LogP contribution in [0.5, 0.6) is 17.2 Å². The van der Waals surface area contributed by atoms with E-state index in [9.17, 15) is 30.3 Å². The van der Waals surface area contributed by atoms with E-state index in [1.54, 1.807) is 24.3 Å². The van der Waals surface area contributed by atoms with Crippen LogP contribution in [0.4, 0.5) is 0 Å². The van der Waals surface area contributed by atoms with Crippen LogP contribution >= 0.6 is 0 Å². The van der Waals surface area contributed by atoms with Gasteiger partial charge < -0.3 is 39.7 Å². The summed E-state index contributed by atoms with van der Waals surface area (Å²) in [5, 5.41) is 49.3. The van der Waals surface area contributed by atoms with E-state index in [-0.39, 0.29) is 17.2 Å². The molecule has 0 bridgehead atoms. The van der Waals surface area contributed by atoms with E-state index in [0.29, 0.717) is 5.56 Å². The molecule has 9 nitrogen and oxygen atoms in total. The van der Waals surface area contributed by atoms with Gasteiger partial charge >= 0.3 is 5.97 Å². The lowest BCUT2D eigenvalue weighted by atomic mass is 9.99. The number of rotatable bonds is 6. The molecule has 0 aliphatic carbocycles. The number of aliphatic hydroxyl groups excluding tert-OH is 3. The van der Waals surface area contributed by atoms with E-state index < -0.39 is 43.3 Å². The third-order valence-corrected chi connectivity index (χ3v) is 4.47. The number of benzene rings is 2. The number of hydrogen-bond acceptors (Lipinski definition) is 9. The van der Waals surface area contributed by atoms with Gasteiger partial charge in [0.1, 0.15) is 36.8 Å². The van der Waals surface area contributed by atoms with Crippen molar-refractivity contribution in [2.45, 2.75) is 30.7 Å². The third kappa shape index (κ3) is 5.28. The Kier molecular flexibility index (Phi) is 6.91. The molecule has 3 rings (SSSR count). The highest BCUT2D eigenvalue weighted by Gasteiger charge is 2.45. The van der Waals surface area contributed by atoms with Gasteiger partial charge in [-0.25, -0.2) is 4.79 Å². The Morgan fingerprint density at radius 3 is 2.37 bits per heavy atom. The van der Waals surface area contributed by atoms with Gasteiger partial charge in [-0.05, 0) is 35.9 Å². The molecule has 1 saturated heterocycles. The molecular formula is C21H22O9. The summed E-state index contributed by atoms with van der Waals surface area (Å²) in [5.74, 6) is -0.814. The molecule has 0 saturated carbocycles. The number of aliphatic hydroxyl groups is 3. The SMILES string of the molecule is O=C(C=Cc1ccc(O)cc1)OC[C@H]1O[C@@H](Oc2ccccc2O)[C@H](O)[C@@H](O)[C@@H]1O. The topological polar surface area (TPSA) is 146 Å². The van der Waals surface area contributed by atoms with Gasteiger partial charge in [-0.1, -0.05) is 24.3 Å². The first-order valence-electron chi connectivity index (χ1n) is 9.13.